The second-order valence-electron chi connectivity index (χ2n) is 20.5. The van der Waals surface area contributed by atoms with Crippen molar-refractivity contribution in [3.05, 3.63) is 24.3 Å². The molecule has 0 aromatic heterocycles. The fraction of sp³-hybridized carbons (Fsp3) is 0.895. The summed E-state index contributed by atoms with van der Waals surface area (Å²) in [5.74, 6) is -0.965. The number of rotatable bonds is 46. The summed E-state index contributed by atoms with van der Waals surface area (Å²) in [6.45, 7) is 2.59. The molecule has 15 nitrogen and oxygen atoms in total. The zero-order valence-electron chi connectivity index (χ0n) is 44.9. The Bertz CT molecular complexity index is 1350. The Morgan fingerprint density at radius 2 is 0.847 bits per heavy atom. The van der Waals surface area contributed by atoms with Gasteiger partial charge in [0.1, 0.15) is 55.4 Å². The highest BCUT2D eigenvalue weighted by molar-refractivity contribution is 5.70. The highest BCUT2D eigenvalue weighted by Gasteiger charge is 2.47. The van der Waals surface area contributed by atoms with Gasteiger partial charge in [-0.15, -0.1) is 0 Å². The van der Waals surface area contributed by atoms with Crippen molar-refractivity contribution < 1.29 is 73.8 Å². The number of esters is 2. The van der Waals surface area contributed by atoms with Gasteiger partial charge in [-0.25, -0.2) is 0 Å². The van der Waals surface area contributed by atoms with Crippen LogP contribution in [0.1, 0.15) is 232 Å². The van der Waals surface area contributed by atoms with Gasteiger partial charge in [-0.3, -0.25) is 9.59 Å². The molecule has 4 unspecified atom stereocenters. The first-order chi connectivity index (χ1) is 35.0. The van der Waals surface area contributed by atoms with Gasteiger partial charge < -0.3 is 64.2 Å². The van der Waals surface area contributed by atoms with Crippen molar-refractivity contribution >= 4 is 11.9 Å². The standard InChI is InChI=1S/C57H104O15/c1-3-5-7-9-11-13-15-17-19-21-22-24-25-27-29-31-33-35-37-39-48(59)67-42-45(70-49(60)40-38-36-34-32-30-28-26-23-20-18-16-14-12-10-8-6-4-2)43-68-56-55(66)53(64)51(62)47(72-56)44-69-57-54(65)52(63)50(61)46(41-58)71-57/h26,28,32,34,45-47,50-58,61-66H,3-25,27,29-31,33,35-44H2,1-2H3/b28-26+,34-32+/t45-,46+,47+,50-,51-,52?,53?,54?,55?,56+,57+/m0/s1. The van der Waals surface area contributed by atoms with E-state index in [9.17, 15) is 45.3 Å². The van der Waals surface area contributed by atoms with Crippen molar-refractivity contribution in [2.24, 2.45) is 0 Å². The minimum atomic E-state index is -1.77. The molecule has 0 spiro atoms. The Kier molecular flexibility index (Phi) is 40.5. The van der Waals surface area contributed by atoms with E-state index < -0.39 is 99.3 Å². The quantitative estimate of drug-likeness (QED) is 0.0171. The Hall–Kier alpha value is -2.02. The summed E-state index contributed by atoms with van der Waals surface area (Å²) in [7, 11) is 0. The number of ether oxygens (including phenoxy) is 6. The van der Waals surface area contributed by atoms with Crippen LogP contribution in [0.25, 0.3) is 0 Å². The molecule has 2 fully saturated rings. The van der Waals surface area contributed by atoms with E-state index in [1.165, 1.54) is 154 Å². The number of aliphatic hydroxyl groups excluding tert-OH is 7. The topological polar surface area (TPSA) is 231 Å². The second kappa shape index (κ2) is 44.1. The zero-order chi connectivity index (χ0) is 52.4. The van der Waals surface area contributed by atoms with Crippen LogP contribution >= 0.6 is 0 Å². The first kappa shape index (κ1) is 66.1. The van der Waals surface area contributed by atoms with Crippen molar-refractivity contribution in [1.29, 1.82) is 0 Å². The smallest absolute Gasteiger partial charge is 0.306 e. The molecule has 0 amide bonds. The molecule has 0 aliphatic carbocycles. The number of hydrogen-bond donors (Lipinski definition) is 7. The van der Waals surface area contributed by atoms with Crippen LogP contribution < -0.4 is 0 Å². The van der Waals surface area contributed by atoms with E-state index >= 15 is 0 Å². The summed E-state index contributed by atoms with van der Waals surface area (Å²) < 4.78 is 33.6. The van der Waals surface area contributed by atoms with E-state index in [-0.39, 0.29) is 19.4 Å². The summed E-state index contributed by atoms with van der Waals surface area (Å²) >= 11 is 0. The summed E-state index contributed by atoms with van der Waals surface area (Å²) in [6.07, 6.45) is 30.7. The van der Waals surface area contributed by atoms with Crippen molar-refractivity contribution in [2.75, 3.05) is 26.4 Å². The van der Waals surface area contributed by atoms with Gasteiger partial charge in [-0.05, 0) is 38.5 Å². The summed E-state index contributed by atoms with van der Waals surface area (Å²) in [6, 6.07) is 0. The Labute approximate surface area is 434 Å². The van der Waals surface area contributed by atoms with E-state index in [2.05, 4.69) is 32.1 Å². The van der Waals surface area contributed by atoms with Gasteiger partial charge in [-0.1, -0.05) is 205 Å². The molecule has 422 valence electrons. The molecule has 72 heavy (non-hydrogen) atoms. The van der Waals surface area contributed by atoms with Gasteiger partial charge >= 0.3 is 11.9 Å². The Morgan fingerprint density at radius 1 is 0.444 bits per heavy atom. The highest BCUT2D eigenvalue weighted by Crippen LogP contribution is 2.27. The zero-order valence-corrected chi connectivity index (χ0v) is 44.9. The van der Waals surface area contributed by atoms with Crippen LogP contribution in [0, 0.1) is 0 Å². The molecule has 7 N–H and O–H groups in total. The molecule has 2 aliphatic heterocycles. The van der Waals surface area contributed by atoms with Crippen LogP contribution in [-0.4, -0.2) is 142 Å². The molecule has 0 saturated carbocycles. The number of carbonyl (C=O) groups is 2. The Balaban J connectivity index is 1.77. The maximum absolute atomic E-state index is 13.0. The lowest BCUT2D eigenvalue weighted by molar-refractivity contribution is -0.332. The lowest BCUT2D eigenvalue weighted by Gasteiger charge is -2.42. The van der Waals surface area contributed by atoms with Crippen LogP contribution in [0.2, 0.25) is 0 Å². The number of carbonyl (C=O) groups excluding carboxylic acids is 2. The minimum Gasteiger partial charge on any atom is -0.462 e. The second-order valence-corrected chi connectivity index (χ2v) is 20.5. The van der Waals surface area contributed by atoms with Gasteiger partial charge in [0, 0.05) is 12.8 Å². The molecular formula is C57H104O15. The average Bonchev–Trinajstić information content (AvgIpc) is 3.37. The van der Waals surface area contributed by atoms with Crippen molar-refractivity contribution in [2.45, 2.75) is 300 Å². The average molecular weight is 1030 g/mol. The van der Waals surface area contributed by atoms with E-state index in [1.54, 1.807) is 0 Å². The summed E-state index contributed by atoms with van der Waals surface area (Å²) in [5, 5.41) is 72.2. The largest absolute Gasteiger partial charge is 0.462 e. The normalized spacial score (nSPS) is 25.1. The third kappa shape index (κ3) is 31.1. The fourth-order valence-electron chi connectivity index (χ4n) is 9.20. The van der Waals surface area contributed by atoms with E-state index in [0.717, 1.165) is 32.1 Å². The molecule has 15 heteroatoms. The van der Waals surface area contributed by atoms with Gasteiger partial charge in [0.05, 0.1) is 19.8 Å². The number of hydrogen-bond acceptors (Lipinski definition) is 15. The maximum atomic E-state index is 13.0. The Morgan fingerprint density at radius 3 is 1.33 bits per heavy atom. The van der Waals surface area contributed by atoms with Crippen LogP contribution in [0.5, 0.6) is 0 Å². The van der Waals surface area contributed by atoms with Crippen molar-refractivity contribution in [3.63, 3.8) is 0 Å². The molecule has 2 rings (SSSR count). The molecule has 2 aliphatic rings. The first-order valence-corrected chi connectivity index (χ1v) is 28.9. The number of unbranched alkanes of at least 4 members (excludes halogenated alkanes) is 28. The van der Waals surface area contributed by atoms with Crippen LogP contribution in [0.3, 0.4) is 0 Å². The van der Waals surface area contributed by atoms with Gasteiger partial charge in [0.25, 0.3) is 0 Å². The minimum absolute atomic E-state index is 0.105. The molecule has 0 aromatic rings. The third-order valence-corrected chi connectivity index (χ3v) is 13.9. The van der Waals surface area contributed by atoms with Crippen molar-refractivity contribution in [1.82, 2.24) is 0 Å². The molecular weight excluding hydrogens is 925 g/mol. The van der Waals surface area contributed by atoms with Crippen LogP contribution in [0.4, 0.5) is 0 Å². The lowest BCUT2D eigenvalue weighted by atomic mass is 9.98. The van der Waals surface area contributed by atoms with E-state index in [1.807, 2.05) is 6.08 Å². The highest BCUT2D eigenvalue weighted by atomic mass is 16.7. The van der Waals surface area contributed by atoms with Crippen LogP contribution in [-0.2, 0) is 38.0 Å². The molecule has 11 atom stereocenters. The summed E-state index contributed by atoms with van der Waals surface area (Å²) in [5.41, 5.74) is 0. The molecule has 0 aromatic carbocycles. The van der Waals surface area contributed by atoms with Gasteiger partial charge in [-0.2, -0.15) is 0 Å². The SMILES string of the molecule is CCCCCCCCCCC/C=C/C/C=C/CCCC(=O)O[C@@H](COC(=O)CCCCCCCCCCCCCCCCCCCCC)CO[C@@H]1O[C@H](CO[C@@H]2O[C@H](CO)[C@H](O)C(O)C2O)[C@H](O)C(O)C1O. The number of allylic oxidation sites excluding steroid dienone is 4. The predicted molar refractivity (Wildman–Crippen MR) is 280 cm³/mol. The van der Waals surface area contributed by atoms with Gasteiger partial charge in [0.2, 0.25) is 0 Å². The molecule has 0 radical (unpaired) electrons. The maximum Gasteiger partial charge on any atom is 0.306 e. The lowest BCUT2D eigenvalue weighted by Crippen LogP contribution is -2.61. The van der Waals surface area contributed by atoms with Crippen LogP contribution in [0.15, 0.2) is 24.3 Å². The third-order valence-electron chi connectivity index (χ3n) is 13.9. The van der Waals surface area contributed by atoms with E-state index in [0.29, 0.717) is 19.3 Å². The fourth-order valence-corrected chi connectivity index (χ4v) is 9.20. The number of aliphatic hydroxyl groups is 7. The predicted octanol–water partition coefficient (Wildman–Crippen LogP) is 9.50. The van der Waals surface area contributed by atoms with Crippen molar-refractivity contribution in [3.8, 4) is 0 Å². The first-order valence-electron chi connectivity index (χ1n) is 28.9. The van der Waals surface area contributed by atoms with E-state index in [4.69, 9.17) is 28.4 Å². The monoisotopic (exact) mass is 1030 g/mol. The van der Waals surface area contributed by atoms with Gasteiger partial charge in [0.15, 0.2) is 18.7 Å². The molecule has 2 saturated heterocycles. The summed E-state index contributed by atoms with van der Waals surface area (Å²) in [4.78, 5) is 25.8. The molecule has 2 heterocycles. The molecule has 0 bridgehead atoms.